The largest absolute Gasteiger partial charge is 0.454 e. The van der Waals surface area contributed by atoms with E-state index in [1.54, 1.807) is 36.4 Å². The zero-order valence-corrected chi connectivity index (χ0v) is 9.42. The molecule has 0 spiro atoms. The second-order valence-corrected chi connectivity index (χ2v) is 3.62. The third-order valence-electron chi connectivity index (χ3n) is 2.44. The first-order valence-corrected chi connectivity index (χ1v) is 5.36. The summed E-state index contributed by atoms with van der Waals surface area (Å²) in [5.41, 5.74) is 2.46. The number of nitrogens with two attached hydrogens (primary N) is 1. The van der Waals surface area contributed by atoms with Crippen molar-refractivity contribution in [2.45, 2.75) is 0 Å². The van der Waals surface area contributed by atoms with Crippen LogP contribution in [0.25, 0.3) is 0 Å². The number of nitrogens with zero attached hydrogens (tertiary/aromatic N) is 1. The zero-order valence-electron chi connectivity index (χ0n) is 9.42. The number of aromatic nitrogens is 1. The Kier molecular flexibility index (Phi) is 2.62. The molecule has 0 radical (unpaired) electrons. The van der Waals surface area contributed by atoms with Gasteiger partial charge in [0, 0.05) is 12.1 Å². The Balaban J connectivity index is 1.83. The van der Waals surface area contributed by atoms with Gasteiger partial charge in [-0.1, -0.05) is 6.07 Å². The fraction of sp³-hybridized carbons (Fsp3) is 0.0833. The molecule has 3 rings (SSSR count). The minimum atomic E-state index is 0.240. The van der Waals surface area contributed by atoms with E-state index in [9.17, 15) is 0 Å². The highest BCUT2D eigenvalue weighted by Crippen LogP contribution is 2.36. The molecular weight excluding hydrogens is 234 g/mol. The van der Waals surface area contributed by atoms with Crippen molar-refractivity contribution >= 4 is 5.82 Å². The number of fused-ring (bicyclic) bond motifs is 1. The van der Waals surface area contributed by atoms with Crippen LogP contribution in [-0.4, -0.2) is 11.8 Å². The molecule has 0 saturated carbocycles. The van der Waals surface area contributed by atoms with Crippen LogP contribution >= 0.6 is 0 Å². The van der Waals surface area contributed by atoms with E-state index in [0.717, 1.165) is 0 Å². The molecule has 0 saturated heterocycles. The number of ether oxygens (including phenoxy) is 3. The van der Waals surface area contributed by atoms with Crippen molar-refractivity contribution in [1.29, 1.82) is 0 Å². The monoisotopic (exact) mass is 245 g/mol. The topological polar surface area (TPSA) is 78.6 Å². The molecule has 0 unspecified atom stereocenters. The van der Waals surface area contributed by atoms with Gasteiger partial charge in [0.1, 0.15) is 11.6 Å². The summed E-state index contributed by atoms with van der Waals surface area (Å²) < 4.78 is 16.1. The lowest BCUT2D eigenvalue weighted by Gasteiger charge is -2.06. The SMILES string of the molecule is NNc1cccc(Oc2ccc3c(c2)OCO3)n1. The average molecular weight is 245 g/mol. The van der Waals surface area contributed by atoms with Gasteiger partial charge >= 0.3 is 0 Å². The van der Waals surface area contributed by atoms with Crippen LogP contribution in [0.3, 0.4) is 0 Å². The maximum absolute atomic E-state index is 5.60. The van der Waals surface area contributed by atoms with Gasteiger partial charge in [0.2, 0.25) is 12.7 Å². The third kappa shape index (κ3) is 2.01. The molecule has 6 nitrogen and oxygen atoms in total. The van der Waals surface area contributed by atoms with Crippen molar-refractivity contribution < 1.29 is 14.2 Å². The van der Waals surface area contributed by atoms with Gasteiger partial charge < -0.3 is 19.6 Å². The van der Waals surface area contributed by atoms with Crippen LogP contribution in [0.5, 0.6) is 23.1 Å². The average Bonchev–Trinajstić information content (AvgIpc) is 2.86. The maximum Gasteiger partial charge on any atom is 0.231 e. The smallest absolute Gasteiger partial charge is 0.231 e. The van der Waals surface area contributed by atoms with Gasteiger partial charge in [-0.2, -0.15) is 4.98 Å². The van der Waals surface area contributed by atoms with E-state index < -0.39 is 0 Å². The van der Waals surface area contributed by atoms with Gasteiger partial charge in [-0.15, -0.1) is 0 Å². The lowest BCUT2D eigenvalue weighted by Crippen LogP contribution is -2.08. The Bertz CT molecular complexity index is 574. The number of hydrogen-bond donors (Lipinski definition) is 2. The van der Waals surface area contributed by atoms with Gasteiger partial charge in [0.25, 0.3) is 0 Å². The Morgan fingerprint density at radius 3 is 2.94 bits per heavy atom. The van der Waals surface area contributed by atoms with Gasteiger partial charge in [-0.05, 0) is 18.2 Å². The first kappa shape index (κ1) is 10.7. The van der Waals surface area contributed by atoms with Crippen LogP contribution in [0.1, 0.15) is 0 Å². The van der Waals surface area contributed by atoms with E-state index in [-0.39, 0.29) is 6.79 Å². The quantitative estimate of drug-likeness (QED) is 0.635. The summed E-state index contributed by atoms with van der Waals surface area (Å²) in [6.07, 6.45) is 0. The fourth-order valence-electron chi connectivity index (χ4n) is 1.61. The zero-order chi connectivity index (χ0) is 12.4. The number of rotatable bonds is 3. The summed E-state index contributed by atoms with van der Waals surface area (Å²) in [6, 6.07) is 10.6. The molecule has 18 heavy (non-hydrogen) atoms. The molecule has 0 aliphatic carbocycles. The van der Waals surface area contributed by atoms with Crippen LogP contribution in [0, 0.1) is 0 Å². The van der Waals surface area contributed by atoms with Gasteiger partial charge in [-0.3, -0.25) is 0 Å². The molecule has 1 aromatic heterocycles. The third-order valence-corrected chi connectivity index (χ3v) is 2.44. The second-order valence-electron chi connectivity index (χ2n) is 3.62. The minimum absolute atomic E-state index is 0.240. The molecule has 0 bridgehead atoms. The number of pyridine rings is 1. The highest BCUT2D eigenvalue weighted by molar-refractivity contribution is 5.48. The Morgan fingerprint density at radius 2 is 2.06 bits per heavy atom. The molecule has 3 N–H and O–H groups in total. The predicted octanol–water partition coefficient (Wildman–Crippen LogP) is 1.89. The van der Waals surface area contributed by atoms with Gasteiger partial charge in [0.05, 0.1) is 0 Å². The van der Waals surface area contributed by atoms with Crippen LogP contribution in [0.15, 0.2) is 36.4 Å². The van der Waals surface area contributed by atoms with Crippen LogP contribution in [-0.2, 0) is 0 Å². The molecular formula is C12H11N3O3. The number of nitrogens with one attached hydrogen (secondary N) is 1. The highest BCUT2D eigenvalue weighted by Gasteiger charge is 2.14. The molecule has 6 heteroatoms. The molecule has 0 fully saturated rings. The number of benzene rings is 1. The molecule has 1 aliphatic heterocycles. The summed E-state index contributed by atoms with van der Waals surface area (Å²) in [5, 5.41) is 0. The van der Waals surface area contributed by atoms with Crippen LogP contribution in [0.2, 0.25) is 0 Å². The molecule has 2 aromatic rings. The van der Waals surface area contributed by atoms with E-state index in [2.05, 4.69) is 10.4 Å². The predicted molar refractivity (Wildman–Crippen MR) is 64.7 cm³/mol. The van der Waals surface area contributed by atoms with Crippen molar-refractivity contribution in [3.05, 3.63) is 36.4 Å². The molecule has 92 valence electrons. The summed E-state index contributed by atoms with van der Waals surface area (Å²) in [7, 11) is 0. The van der Waals surface area contributed by atoms with Crippen molar-refractivity contribution in [3.63, 3.8) is 0 Å². The number of hydrazine groups is 1. The Labute approximate surface area is 103 Å². The van der Waals surface area contributed by atoms with E-state index in [0.29, 0.717) is 28.9 Å². The van der Waals surface area contributed by atoms with Crippen molar-refractivity contribution in [2.24, 2.45) is 5.84 Å². The van der Waals surface area contributed by atoms with E-state index >= 15 is 0 Å². The van der Waals surface area contributed by atoms with E-state index in [4.69, 9.17) is 20.1 Å². The standard InChI is InChI=1S/C12H11N3O3/c13-15-11-2-1-3-12(14-11)18-8-4-5-9-10(6-8)17-7-16-9/h1-6H,7,13H2,(H,14,15). The van der Waals surface area contributed by atoms with Crippen molar-refractivity contribution in [1.82, 2.24) is 4.98 Å². The van der Waals surface area contributed by atoms with E-state index in [1.165, 1.54) is 0 Å². The molecule has 2 heterocycles. The molecule has 1 aliphatic rings. The normalized spacial score (nSPS) is 12.3. The maximum atomic E-state index is 5.60. The highest BCUT2D eigenvalue weighted by atomic mass is 16.7. The molecule has 0 atom stereocenters. The number of anilines is 1. The molecule has 0 amide bonds. The minimum Gasteiger partial charge on any atom is -0.454 e. The second kappa shape index (κ2) is 4.42. The Morgan fingerprint density at radius 1 is 1.17 bits per heavy atom. The molecule has 1 aromatic carbocycles. The first-order chi connectivity index (χ1) is 8.85. The lowest BCUT2D eigenvalue weighted by atomic mass is 10.3. The summed E-state index contributed by atoms with van der Waals surface area (Å²) >= 11 is 0. The van der Waals surface area contributed by atoms with E-state index in [1.807, 2.05) is 0 Å². The lowest BCUT2D eigenvalue weighted by molar-refractivity contribution is 0.174. The fourth-order valence-corrected chi connectivity index (χ4v) is 1.61. The summed E-state index contributed by atoms with van der Waals surface area (Å²) in [6.45, 7) is 0.240. The van der Waals surface area contributed by atoms with Crippen LogP contribution in [0.4, 0.5) is 5.82 Å². The number of hydrogen-bond acceptors (Lipinski definition) is 6. The Hall–Kier alpha value is -2.47. The number of nitrogen functional groups attached to an aromatic ring is 1. The summed E-state index contributed by atoms with van der Waals surface area (Å²) in [5.74, 6) is 8.27. The van der Waals surface area contributed by atoms with Crippen LogP contribution < -0.4 is 25.5 Å². The summed E-state index contributed by atoms with van der Waals surface area (Å²) in [4.78, 5) is 4.15. The van der Waals surface area contributed by atoms with Gasteiger partial charge in [0.15, 0.2) is 11.5 Å². The van der Waals surface area contributed by atoms with Gasteiger partial charge in [-0.25, -0.2) is 5.84 Å². The van der Waals surface area contributed by atoms with Crippen molar-refractivity contribution in [3.8, 4) is 23.1 Å². The van der Waals surface area contributed by atoms with Crippen molar-refractivity contribution in [2.75, 3.05) is 12.2 Å². The first-order valence-electron chi connectivity index (χ1n) is 5.36.